The summed E-state index contributed by atoms with van der Waals surface area (Å²) in [6.45, 7) is 4.49. The van der Waals surface area contributed by atoms with E-state index in [1.807, 2.05) is 19.1 Å². The number of nitrogens with zero attached hydrogens (tertiary/aromatic N) is 2. The predicted molar refractivity (Wildman–Crippen MR) is 132 cm³/mol. The molecule has 0 aromatic heterocycles. The third-order valence-electron chi connectivity index (χ3n) is 6.77. The lowest BCUT2D eigenvalue weighted by Crippen LogP contribution is -2.62. The first-order valence-electron chi connectivity index (χ1n) is 11.4. The molecule has 3 N–H and O–H groups in total. The van der Waals surface area contributed by atoms with Crippen molar-refractivity contribution < 1.29 is 13.2 Å². The Morgan fingerprint density at radius 3 is 2.27 bits per heavy atom. The lowest BCUT2D eigenvalue weighted by Gasteiger charge is -2.45. The molecule has 33 heavy (non-hydrogen) atoms. The zero-order chi connectivity index (χ0) is 23.6. The first-order valence-corrected chi connectivity index (χ1v) is 13.4. The number of nitrogens with two attached hydrogens (primary N) is 1. The molecule has 1 saturated heterocycles. The van der Waals surface area contributed by atoms with Crippen molar-refractivity contribution in [2.45, 2.75) is 31.7 Å². The van der Waals surface area contributed by atoms with Gasteiger partial charge in [-0.1, -0.05) is 48.9 Å². The number of amides is 1. The summed E-state index contributed by atoms with van der Waals surface area (Å²) in [6, 6.07) is 13.4. The number of anilines is 1. The number of halogens is 1. The van der Waals surface area contributed by atoms with E-state index in [2.05, 4.69) is 22.3 Å². The Kier molecular flexibility index (Phi) is 7.00. The van der Waals surface area contributed by atoms with Crippen LogP contribution in [0.25, 0.3) is 0 Å². The Balaban J connectivity index is 1.53. The van der Waals surface area contributed by atoms with Crippen LogP contribution in [0.4, 0.5) is 5.69 Å². The number of fused-ring (bicyclic) bond motifs is 1. The van der Waals surface area contributed by atoms with Gasteiger partial charge in [0.1, 0.15) is 0 Å². The largest absolute Gasteiger partial charge is 0.398 e. The second-order valence-electron chi connectivity index (χ2n) is 8.94. The van der Waals surface area contributed by atoms with Gasteiger partial charge in [-0.2, -0.15) is 4.31 Å². The summed E-state index contributed by atoms with van der Waals surface area (Å²) in [4.78, 5) is 15.4. The Labute approximate surface area is 200 Å². The predicted octanol–water partition coefficient (Wildman–Crippen LogP) is 2.55. The SMILES string of the molecule is CCCS(=O)(=O)N1CCN(C2(CNC(=O)c3c(N)cccc3Cl)Cc3ccccc3C2)CC1. The van der Waals surface area contributed by atoms with E-state index in [-0.39, 0.29) is 17.2 Å². The molecule has 0 spiro atoms. The van der Waals surface area contributed by atoms with E-state index in [4.69, 9.17) is 17.3 Å². The number of carbonyl (C=O) groups excluding carboxylic acids is 1. The summed E-state index contributed by atoms with van der Waals surface area (Å²) in [5, 5.41) is 3.41. The highest BCUT2D eigenvalue weighted by Gasteiger charge is 2.44. The number of nitrogens with one attached hydrogen (secondary N) is 1. The summed E-state index contributed by atoms with van der Waals surface area (Å²) >= 11 is 6.25. The average Bonchev–Trinajstić information content (AvgIpc) is 3.18. The third kappa shape index (κ3) is 4.89. The molecule has 4 rings (SSSR count). The number of rotatable bonds is 7. The Bertz CT molecular complexity index is 1090. The van der Waals surface area contributed by atoms with Crippen LogP contribution in [0.15, 0.2) is 42.5 Å². The van der Waals surface area contributed by atoms with Crippen LogP contribution >= 0.6 is 11.6 Å². The van der Waals surface area contributed by atoms with Gasteiger partial charge in [-0.25, -0.2) is 8.42 Å². The first-order chi connectivity index (χ1) is 15.8. The van der Waals surface area contributed by atoms with Gasteiger partial charge in [0.15, 0.2) is 0 Å². The summed E-state index contributed by atoms with van der Waals surface area (Å²) in [5.74, 6) is -0.114. The molecule has 178 valence electrons. The molecule has 2 aliphatic rings. The topological polar surface area (TPSA) is 95.7 Å². The smallest absolute Gasteiger partial charge is 0.254 e. The Hall–Kier alpha value is -2.13. The molecule has 0 radical (unpaired) electrons. The van der Waals surface area contributed by atoms with Crippen molar-refractivity contribution in [2.75, 3.05) is 44.2 Å². The van der Waals surface area contributed by atoms with Crippen LogP contribution in [0, 0.1) is 0 Å². The molecule has 7 nitrogen and oxygen atoms in total. The minimum atomic E-state index is -3.22. The van der Waals surface area contributed by atoms with E-state index >= 15 is 0 Å². The molecule has 1 fully saturated rings. The molecule has 2 aromatic carbocycles. The number of sulfonamides is 1. The van der Waals surface area contributed by atoms with Crippen LogP contribution < -0.4 is 11.1 Å². The van der Waals surface area contributed by atoms with Crippen molar-refractivity contribution in [1.82, 2.24) is 14.5 Å². The van der Waals surface area contributed by atoms with Crippen molar-refractivity contribution in [3.63, 3.8) is 0 Å². The lowest BCUT2D eigenvalue weighted by molar-refractivity contribution is 0.0561. The molecule has 0 saturated carbocycles. The fourth-order valence-corrected chi connectivity index (χ4v) is 6.84. The van der Waals surface area contributed by atoms with Crippen LogP contribution in [-0.2, 0) is 22.9 Å². The van der Waals surface area contributed by atoms with Crippen LogP contribution in [0.5, 0.6) is 0 Å². The van der Waals surface area contributed by atoms with Gasteiger partial charge in [0.05, 0.1) is 16.3 Å². The normalized spacial score (nSPS) is 18.7. The number of carbonyl (C=O) groups is 1. The van der Waals surface area contributed by atoms with Gasteiger partial charge in [0.25, 0.3) is 5.91 Å². The minimum absolute atomic E-state index is 0.179. The van der Waals surface area contributed by atoms with Gasteiger partial charge >= 0.3 is 0 Å². The molecule has 9 heteroatoms. The second kappa shape index (κ2) is 9.62. The number of nitrogen functional groups attached to an aromatic ring is 1. The minimum Gasteiger partial charge on any atom is -0.398 e. The maximum absolute atomic E-state index is 13.0. The number of benzene rings is 2. The van der Waals surface area contributed by atoms with E-state index in [9.17, 15) is 13.2 Å². The van der Waals surface area contributed by atoms with E-state index in [0.29, 0.717) is 55.4 Å². The maximum Gasteiger partial charge on any atom is 0.254 e. The van der Waals surface area contributed by atoms with Crippen LogP contribution in [0.3, 0.4) is 0 Å². The van der Waals surface area contributed by atoms with Crippen molar-refractivity contribution in [3.05, 3.63) is 64.2 Å². The summed E-state index contributed by atoms with van der Waals surface area (Å²) in [7, 11) is -3.22. The number of hydrogen-bond donors (Lipinski definition) is 2. The van der Waals surface area contributed by atoms with Gasteiger partial charge in [0.2, 0.25) is 10.0 Å². The monoisotopic (exact) mass is 490 g/mol. The summed E-state index contributed by atoms with van der Waals surface area (Å²) in [5.41, 5.74) is 8.86. The zero-order valence-corrected chi connectivity index (χ0v) is 20.5. The maximum atomic E-state index is 13.0. The Morgan fingerprint density at radius 2 is 1.70 bits per heavy atom. The van der Waals surface area contributed by atoms with Gasteiger partial charge in [-0.05, 0) is 42.5 Å². The van der Waals surface area contributed by atoms with Crippen LogP contribution in [0.1, 0.15) is 34.8 Å². The molecule has 2 aromatic rings. The third-order valence-corrected chi connectivity index (χ3v) is 9.16. The highest BCUT2D eigenvalue weighted by Crippen LogP contribution is 2.35. The fraction of sp³-hybridized carbons (Fsp3) is 0.458. The van der Waals surface area contributed by atoms with Gasteiger partial charge in [-0.15, -0.1) is 0 Å². The van der Waals surface area contributed by atoms with Gasteiger partial charge in [0, 0.05) is 44.0 Å². The molecular formula is C24H31ClN4O3S. The molecule has 1 aliphatic heterocycles. The van der Waals surface area contributed by atoms with Crippen molar-refractivity contribution >= 4 is 33.2 Å². The molecular weight excluding hydrogens is 460 g/mol. The van der Waals surface area contributed by atoms with E-state index < -0.39 is 10.0 Å². The molecule has 0 atom stereocenters. The number of hydrogen-bond acceptors (Lipinski definition) is 5. The first kappa shape index (κ1) is 24.0. The van der Waals surface area contributed by atoms with Crippen molar-refractivity contribution in [3.8, 4) is 0 Å². The zero-order valence-electron chi connectivity index (χ0n) is 18.9. The molecule has 0 unspecified atom stereocenters. The molecule has 0 bridgehead atoms. The summed E-state index contributed by atoms with van der Waals surface area (Å²) in [6.07, 6.45) is 2.20. The van der Waals surface area contributed by atoms with Crippen molar-refractivity contribution in [2.24, 2.45) is 0 Å². The quantitative estimate of drug-likeness (QED) is 0.581. The van der Waals surface area contributed by atoms with E-state index in [0.717, 1.165) is 12.8 Å². The highest BCUT2D eigenvalue weighted by atomic mass is 35.5. The van der Waals surface area contributed by atoms with Crippen LogP contribution in [0.2, 0.25) is 5.02 Å². The number of piperazine rings is 1. The van der Waals surface area contributed by atoms with E-state index in [1.54, 1.807) is 22.5 Å². The average molecular weight is 491 g/mol. The highest BCUT2D eigenvalue weighted by molar-refractivity contribution is 7.89. The van der Waals surface area contributed by atoms with Gasteiger partial charge < -0.3 is 11.1 Å². The molecule has 1 heterocycles. The lowest BCUT2D eigenvalue weighted by atomic mass is 9.92. The fourth-order valence-electron chi connectivity index (χ4n) is 5.08. The summed E-state index contributed by atoms with van der Waals surface area (Å²) < 4.78 is 26.7. The van der Waals surface area contributed by atoms with Gasteiger partial charge in [-0.3, -0.25) is 9.69 Å². The molecule has 1 amide bonds. The van der Waals surface area contributed by atoms with E-state index in [1.165, 1.54) is 11.1 Å². The Morgan fingerprint density at radius 1 is 1.06 bits per heavy atom. The standard InChI is InChI=1S/C24H31ClN4O3S/c1-2-14-33(31,32)29-12-10-28(11-13-29)24(15-18-6-3-4-7-19(18)16-24)17-27-23(30)22-20(25)8-5-9-21(22)26/h3-9H,2,10-17,26H2,1H3,(H,27,30). The molecule has 1 aliphatic carbocycles. The van der Waals surface area contributed by atoms with Crippen LogP contribution in [-0.4, -0.2) is 67.5 Å². The van der Waals surface area contributed by atoms with Crippen molar-refractivity contribution in [1.29, 1.82) is 0 Å². The second-order valence-corrected chi connectivity index (χ2v) is 11.4.